The predicted octanol–water partition coefficient (Wildman–Crippen LogP) is 2.44. The van der Waals surface area contributed by atoms with E-state index in [0.717, 1.165) is 0 Å². The Hall–Kier alpha value is -1.28. The average Bonchev–Trinajstić information content (AvgIpc) is 1.98. The first-order valence-electron chi connectivity index (χ1n) is 3.43. The van der Waals surface area contributed by atoms with Gasteiger partial charge in [0, 0.05) is 0 Å². The molecule has 0 heterocycles. The molecule has 15 heavy (non-hydrogen) atoms. The first-order valence-corrected chi connectivity index (χ1v) is 3.43. The van der Waals surface area contributed by atoms with Crippen molar-refractivity contribution in [1.82, 2.24) is 0 Å². The molecule has 0 rings (SSSR count). The van der Waals surface area contributed by atoms with Gasteiger partial charge < -0.3 is 9.31 Å². The van der Waals surface area contributed by atoms with E-state index < -0.39 is 20.0 Å². The van der Waals surface area contributed by atoms with Crippen LogP contribution in [-0.2, 0) is 9.31 Å². The lowest BCUT2D eigenvalue weighted by Gasteiger charge is -2.00. The Morgan fingerprint density at radius 3 is 1.33 bits per heavy atom. The summed E-state index contributed by atoms with van der Waals surface area (Å²) in [6, 6.07) is 0. The van der Waals surface area contributed by atoms with Crippen LogP contribution in [-0.4, -0.2) is 20.0 Å². The summed E-state index contributed by atoms with van der Waals surface area (Å²) in [6.45, 7) is 0. The summed E-state index contributed by atoms with van der Waals surface area (Å²) in [5, 5.41) is 0. The van der Waals surface area contributed by atoms with E-state index in [1.807, 2.05) is 0 Å². The van der Waals surface area contributed by atoms with Crippen LogP contribution in [0.2, 0.25) is 0 Å². The van der Waals surface area contributed by atoms with E-state index in [9.17, 15) is 26.3 Å². The van der Waals surface area contributed by atoms with Crippen LogP contribution in [0.5, 0.6) is 0 Å². The molecule has 0 spiro atoms. The quantitative estimate of drug-likeness (QED) is 0.322. The van der Waals surface area contributed by atoms with Crippen molar-refractivity contribution < 1.29 is 35.7 Å². The van der Waals surface area contributed by atoms with Gasteiger partial charge in [0.15, 0.2) is 0 Å². The number of rotatable bonds is 4. The van der Waals surface area contributed by atoms with Crippen molar-refractivity contribution in [3.05, 3.63) is 24.7 Å². The molecule has 0 aromatic heterocycles. The lowest BCUT2D eigenvalue weighted by Crippen LogP contribution is -2.04. The van der Waals surface area contributed by atoms with Gasteiger partial charge in [-0.25, -0.2) is 0 Å². The summed E-state index contributed by atoms with van der Waals surface area (Å²) in [5.41, 5.74) is 0. The fraction of sp³-hybridized carbons (Fsp3) is 0.333. The van der Waals surface area contributed by atoms with Crippen molar-refractivity contribution in [1.29, 1.82) is 0 Å². The first kappa shape index (κ1) is 13.7. The highest BCUT2D eigenvalue weighted by molar-refractivity contribution is 6.18. The topological polar surface area (TPSA) is 18.5 Å². The van der Waals surface area contributed by atoms with Gasteiger partial charge in [-0.05, 0) is 0 Å². The van der Waals surface area contributed by atoms with Crippen molar-refractivity contribution in [2.45, 2.75) is 12.4 Å². The van der Waals surface area contributed by atoms with Gasteiger partial charge in [0.1, 0.15) is 0 Å². The molecule has 0 saturated carbocycles. The summed E-state index contributed by atoms with van der Waals surface area (Å²) < 4.78 is 76.7. The van der Waals surface area contributed by atoms with Gasteiger partial charge in [-0.1, -0.05) is 0 Å². The summed E-state index contributed by atoms with van der Waals surface area (Å²) in [4.78, 5) is 0. The molecule has 0 aliphatic rings. The van der Waals surface area contributed by atoms with Gasteiger partial charge >= 0.3 is 20.0 Å². The minimum absolute atomic E-state index is 0.218. The molecule has 0 bridgehead atoms. The van der Waals surface area contributed by atoms with E-state index in [-0.39, 0.29) is 24.7 Å². The minimum Gasteiger partial charge on any atom is -0.535 e. The summed E-state index contributed by atoms with van der Waals surface area (Å²) >= 11 is 0. The molecule has 0 radical (unpaired) electrons. The number of alkyl halides is 6. The Bertz CT molecular complexity index is 207. The predicted molar refractivity (Wildman–Crippen MR) is 39.7 cm³/mol. The number of hydrogen-bond acceptors (Lipinski definition) is 2. The van der Waals surface area contributed by atoms with E-state index in [1.54, 1.807) is 0 Å². The number of allylic oxidation sites excluding steroid dienone is 2. The Morgan fingerprint density at radius 2 is 1.07 bits per heavy atom. The zero-order chi connectivity index (χ0) is 11.9. The van der Waals surface area contributed by atoms with Crippen LogP contribution < -0.4 is 0 Å². The molecule has 0 N–H and O–H groups in total. The second-order valence-electron chi connectivity index (χ2n) is 2.14. The molecule has 0 aliphatic heterocycles. The lowest BCUT2D eigenvalue weighted by molar-refractivity contribution is -0.0816. The lowest BCUT2D eigenvalue weighted by atomic mass is 10.4. The van der Waals surface area contributed by atoms with Gasteiger partial charge in [0.2, 0.25) is 0 Å². The zero-order valence-corrected chi connectivity index (χ0v) is 7.10. The Kier molecular flexibility index (Phi) is 5.09. The molecule has 0 aliphatic carbocycles. The Morgan fingerprint density at radius 1 is 0.733 bits per heavy atom. The van der Waals surface area contributed by atoms with E-state index in [2.05, 4.69) is 9.31 Å². The largest absolute Gasteiger partial charge is 0.575 e. The molecule has 0 amide bonds. The standard InChI is InChI=1S/C6H5BF6O2/c8-5(9,10)1-3-14-7-15-4-2-6(11,12)13/h1-4,7H. The van der Waals surface area contributed by atoms with Crippen molar-refractivity contribution >= 4 is 7.69 Å². The molecular formula is C6H5BF6O2. The smallest absolute Gasteiger partial charge is 0.535 e. The fourth-order valence-electron chi connectivity index (χ4n) is 0.368. The number of halogens is 6. The second kappa shape index (κ2) is 5.57. The maximum Gasteiger partial charge on any atom is 0.575 e. The fourth-order valence-corrected chi connectivity index (χ4v) is 0.368. The van der Waals surface area contributed by atoms with Gasteiger partial charge in [0.05, 0.1) is 24.7 Å². The van der Waals surface area contributed by atoms with Crippen LogP contribution in [0.15, 0.2) is 24.7 Å². The van der Waals surface area contributed by atoms with E-state index >= 15 is 0 Å². The Balaban J connectivity index is 3.57. The molecule has 0 fully saturated rings. The van der Waals surface area contributed by atoms with Gasteiger partial charge in [-0.3, -0.25) is 0 Å². The molecule has 0 aromatic carbocycles. The van der Waals surface area contributed by atoms with E-state index in [4.69, 9.17) is 0 Å². The van der Waals surface area contributed by atoms with Crippen LogP contribution >= 0.6 is 0 Å². The molecule has 2 nitrogen and oxygen atoms in total. The third kappa shape index (κ3) is 12.7. The molecular weight excluding hydrogens is 229 g/mol. The molecule has 86 valence electrons. The second-order valence-corrected chi connectivity index (χ2v) is 2.14. The molecule has 0 unspecified atom stereocenters. The van der Waals surface area contributed by atoms with Gasteiger partial charge in [-0.15, -0.1) is 0 Å². The first-order chi connectivity index (χ1) is 6.71. The average molecular weight is 234 g/mol. The van der Waals surface area contributed by atoms with Crippen LogP contribution in [0.3, 0.4) is 0 Å². The van der Waals surface area contributed by atoms with Gasteiger partial charge in [0.25, 0.3) is 0 Å². The zero-order valence-electron chi connectivity index (χ0n) is 7.10. The van der Waals surface area contributed by atoms with Crippen LogP contribution in [0, 0.1) is 0 Å². The van der Waals surface area contributed by atoms with Crippen LogP contribution in [0.25, 0.3) is 0 Å². The maximum absolute atomic E-state index is 11.4. The van der Waals surface area contributed by atoms with E-state index in [0.29, 0.717) is 0 Å². The van der Waals surface area contributed by atoms with Gasteiger partial charge in [-0.2, -0.15) is 26.3 Å². The monoisotopic (exact) mass is 234 g/mol. The third-order valence-corrected chi connectivity index (χ3v) is 0.843. The number of hydrogen-bond donors (Lipinski definition) is 0. The third-order valence-electron chi connectivity index (χ3n) is 0.843. The maximum atomic E-state index is 11.4. The Labute approximate surface area is 81.5 Å². The molecule has 0 saturated heterocycles. The summed E-state index contributed by atoms with van der Waals surface area (Å²) in [5.74, 6) is 0. The minimum atomic E-state index is -4.53. The van der Waals surface area contributed by atoms with Crippen molar-refractivity contribution in [3.8, 4) is 0 Å². The summed E-state index contributed by atoms with van der Waals surface area (Å²) in [6.07, 6.45) is -8.93. The molecule has 9 heteroatoms. The highest BCUT2D eigenvalue weighted by Crippen LogP contribution is 2.16. The van der Waals surface area contributed by atoms with Crippen molar-refractivity contribution in [3.63, 3.8) is 0 Å². The van der Waals surface area contributed by atoms with Crippen molar-refractivity contribution in [2.75, 3.05) is 0 Å². The summed E-state index contributed by atoms with van der Waals surface area (Å²) in [7, 11) is -0.737. The molecule has 0 aromatic rings. The van der Waals surface area contributed by atoms with E-state index in [1.165, 1.54) is 0 Å². The SMILES string of the molecule is FC(F)(F)C=COBOC=CC(F)(F)F. The highest BCUT2D eigenvalue weighted by Gasteiger charge is 2.23. The van der Waals surface area contributed by atoms with Crippen LogP contribution in [0.1, 0.15) is 0 Å². The highest BCUT2D eigenvalue weighted by atomic mass is 19.4. The van der Waals surface area contributed by atoms with Crippen LogP contribution in [0.4, 0.5) is 26.3 Å². The van der Waals surface area contributed by atoms with Crippen molar-refractivity contribution in [2.24, 2.45) is 0 Å². The molecule has 0 atom stereocenters. The normalized spacial score (nSPS) is 13.5.